The van der Waals surface area contributed by atoms with Crippen LogP contribution in [-0.4, -0.2) is 15.5 Å². The number of aryl methyl sites for hydroxylation is 1. The van der Waals surface area contributed by atoms with Crippen LogP contribution in [0.3, 0.4) is 0 Å². The topological polar surface area (TPSA) is 96.2 Å². The number of hydrogen-bond donors (Lipinski definition) is 1. The lowest BCUT2D eigenvalue weighted by Crippen LogP contribution is -2.26. The number of nitrogens with zero attached hydrogens (tertiary/aromatic N) is 2. The lowest BCUT2D eigenvalue weighted by molar-refractivity contribution is 0.101. The molecule has 2 aromatic heterocycles. The van der Waals surface area contributed by atoms with Gasteiger partial charge in [0.1, 0.15) is 17.2 Å². The molecule has 6 nitrogen and oxygen atoms in total. The number of benzene rings is 1. The fourth-order valence-corrected chi connectivity index (χ4v) is 3.21. The van der Waals surface area contributed by atoms with Gasteiger partial charge in [-0.3, -0.25) is 14.2 Å². The van der Waals surface area contributed by atoms with Gasteiger partial charge in [-0.25, -0.2) is 0 Å². The average Bonchev–Trinajstić information content (AvgIpc) is 2.92. The summed E-state index contributed by atoms with van der Waals surface area (Å²) >= 11 is 6.00. The van der Waals surface area contributed by atoms with Crippen molar-refractivity contribution in [3.63, 3.8) is 0 Å². The van der Waals surface area contributed by atoms with Crippen LogP contribution in [0.4, 0.5) is 0 Å². The molecule has 0 amide bonds. The predicted octanol–water partition coefficient (Wildman–Crippen LogP) is 3.69. The summed E-state index contributed by atoms with van der Waals surface area (Å²) in [5.74, 6) is -1.04. The second kappa shape index (κ2) is 6.36. The molecule has 0 atom stereocenters. The summed E-state index contributed by atoms with van der Waals surface area (Å²) in [7, 11) is 0. The molecule has 2 heterocycles. The zero-order valence-corrected chi connectivity index (χ0v) is 15.1. The summed E-state index contributed by atoms with van der Waals surface area (Å²) in [5, 5.41) is 21.0. The number of hydrogen-bond acceptors (Lipinski definition) is 5. The summed E-state index contributed by atoms with van der Waals surface area (Å²) in [4.78, 5) is 25.4. The Morgan fingerprint density at radius 1 is 1.35 bits per heavy atom. The number of nitriles is 1. The van der Waals surface area contributed by atoms with Crippen molar-refractivity contribution in [2.45, 2.75) is 27.3 Å². The van der Waals surface area contributed by atoms with Crippen molar-refractivity contribution in [1.29, 1.82) is 5.26 Å². The first-order valence-electron chi connectivity index (χ1n) is 7.91. The van der Waals surface area contributed by atoms with E-state index in [1.165, 1.54) is 6.92 Å². The number of rotatable bonds is 3. The Balaban J connectivity index is 2.32. The molecule has 0 spiro atoms. The first kappa shape index (κ1) is 17.8. The van der Waals surface area contributed by atoms with E-state index in [1.807, 2.05) is 6.07 Å². The highest BCUT2D eigenvalue weighted by Gasteiger charge is 2.28. The number of carbonyl (C=O) groups is 1. The third-order valence-electron chi connectivity index (χ3n) is 4.45. The third-order valence-corrected chi connectivity index (χ3v) is 4.68. The van der Waals surface area contributed by atoms with E-state index in [1.54, 1.807) is 32.0 Å². The van der Waals surface area contributed by atoms with E-state index in [0.29, 0.717) is 21.6 Å². The highest BCUT2D eigenvalue weighted by Crippen LogP contribution is 2.32. The molecule has 0 unspecified atom stereocenters. The standard InChI is InChI=1S/C19H15ClN2O4/c1-4-22-18(24)13(8-21)9(2)15(19(22)25)16(23)17-10(3)12-7-11(20)5-6-14(12)26-17/h5-7,25H,4H2,1-3H3. The Labute approximate surface area is 153 Å². The largest absolute Gasteiger partial charge is 0.494 e. The fraction of sp³-hybridized carbons (Fsp3) is 0.211. The zero-order valence-electron chi connectivity index (χ0n) is 14.4. The second-order valence-electron chi connectivity index (χ2n) is 5.89. The van der Waals surface area contributed by atoms with Gasteiger partial charge in [-0.15, -0.1) is 0 Å². The monoisotopic (exact) mass is 370 g/mol. The van der Waals surface area contributed by atoms with E-state index in [4.69, 9.17) is 16.0 Å². The van der Waals surface area contributed by atoms with Crippen LogP contribution in [0.25, 0.3) is 11.0 Å². The van der Waals surface area contributed by atoms with Crippen molar-refractivity contribution >= 4 is 28.4 Å². The third kappa shape index (κ3) is 2.49. The van der Waals surface area contributed by atoms with Crippen LogP contribution >= 0.6 is 11.6 Å². The molecule has 1 N–H and O–H groups in total. The van der Waals surface area contributed by atoms with Crippen molar-refractivity contribution < 1.29 is 14.3 Å². The number of furan rings is 1. The maximum absolute atomic E-state index is 13.1. The maximum Gasteiger partial charge on any atom is 0.271 e. The normalized spacial score (nSPS) is 10.9. The van der Waals surface area contributed by atoms with Crippen LogP contribution in [0.15, 0.2) is 27.4 Å². The predicted molar refractivity (Wildman–Crippen MR) is 96.9 cm³/mol. The molecule has 0 radical (unpaired) electrons. The number of ketones is 1. The van der Waals surface area contributed by atoms with Crippen LogP contribution in [0.5, 0.6) is 5.88 Å². The number of fused-ring (bicyclic) bond motifs is 1. The molecule has 0 aliphatic heterocycles. The molecule has 132 valence electrons. The van der Waals surface area contributed by atoms with Gasteiger partial charge in [0, 0.05) is 22.5 Å². The summed E-state index contributed by atoms with van der Waals surface area (Å²) in [6, 6.07) is 6.81. The number of halogens is 1. The first-order chi connectivity index (χ1) is 12.3. The van der Waals surface area contributed by atoms with Crippen LogP contribution in [0.2, 0.25) is 5.02 Å². The van der Waals surface area contributed by atoms with E-state index in [0.717, 1.165) is 4.57 Å². The van der Waals surface area contributed by atoms with Crippen molar-refractivity contribution in [2.24, 2.45) is 0 Å². The minimum atomic E-state index is -0.630. The van der Waals surface area contributed by atoms with Crippen molar-refractivity contribution in [3.8, 4) is 11.9 Å². The van der Waals surface area contributed by atoms with Gasteiger partial charge in [0.2, 0.25) is 11.7 Å². The molecule has 26 heavy (non-hydrogen) atoms. The summed E-state index contributed by atoms with van der Waals surface area (Å²) in [6.45, 7) is 4.93. The SMILES string of the molecule is CCn1c(O)c(C(=O)c2oc3ccc(Cl)cc3c2C)c(C)c(C#N)c1=O. The van der Waals surface area contributed by atoms with E-state index < -0.39 is 17.2 Å². The second-order valence-corrected chi connectivity index (χ2v) is 6.32. The summed E-state index contributed by atoms with van der Waals surface area (Å²) in [6.07, 6.45) is 0. The number of aromatic nitrogens is 1. The molecular formula is C19H15ClN2O4. The molecule has 0 aliphatic rings. The van der Waals surface area contributed by atoms with Crippen molar-refractivity contribution in [2.75, 3.05) is 0 Å². The Morgan fingerprint density at radius 2 is 2.04 bits per heavy atom. The lowest BCUT2D eigenvalue weighted by Gasteiger charge is -2.13. The maximum atomic E-state index is 13.1. The summed E-state index contributed by atoms with van der Waals surface area (Å²) in [5.41, 5.74) is 0.258. The van der Waals surface area contributed by atoms with Gasteiger partial charge >= 0.3 is 0 Å². The molecule has 0 saturated carbocycles. The van der Waals surface area contributed by atoms with Gasteiger partial charge in [0.25, 0.3) is 5.56 Å². The van der Waals surface area contributed by atoms with Crippen molar-refractivity contribution in [3.05, 3.63) is 61.6 Å². The van der Waals surface area contributed by atoms with Crippen LogP contribution in [0, 0.1) is 25.2 Å². The molecule has 0 bridgehead atoms. The number of carbonyl (C=O) groups excluding carboxylic acids is 1. The highest BCUT2D eigenvalue weighted by atomic mass is 35.5. The Kier molecular flexibility index (Phi) is 4.34. The number of pyridine rings is 1. The van der Waals surface area contributed by atoms with Crippen molar-refractivity contribution in [1.82, 2.24) is 4.57 Å². The molecule has 3 aromatic rings. The van der Waals surface area contributed by atoms with Gasteiger partial charge in [-0.05, 0) is 44.5 Å². The smallest absolute Gasteiger partial charge is 0.271 e. The number of aromatic hydroxyl groups is 1. The average molecular weight is 371 g/mol. The molecule has 0 saturated heterocycles. The molecule has 3 rings (SSSR count). The van der Waals surface area contributed by atoms with Gasteiger partial charge in [-0.1, -0.05) is 11.6 Å². The van der Waals surface area contributed by atoms with Gasteiger partial charge in [0.15, 0.2) is 5.76 Å². The van der Waals surface area contributed by atoms with Gasteiger partial charge in [-0.2, -0.15) is 5.26 Å². The van der Waals surface area contributed by atoms with Gasteiger partial charge < -0.3 is 9.52 Å². The highest BCUT2D eigenvalue weighted by molar-refractivity contribution is 6.31. The minimum Gasteiger partial charge on any atom is -0.494 e. The lowest BCUT2D eigenvalue weighted by atomic mass is 9.98. The first-order valence-corrected chi connectivity index (χ1v) is 8.29. The van der Waals surface area contributed by atoms with E-state index in [2.05, 4.69) is 0 Å². The minimum absolute atomic E-state index is 0.0332. The fourth-order valence-electron chi connectivity index (χ4n) is 3.04. The van der Waals surface area contributed by atoms with Crippen LogP contribution < -0.4 is 5.56 Å². The van der Waals surface area contributed by atoms with E-state index in [-0.39, 0.29) is 29.0 Å². The van der Waals surface area contributed by atoms with Crippen LogP contribution in [-0.2, 0) is 6.54 Å². The molecule has 7 heteroatoms. The molecule has 0 aliphatic carbocycles. The molecular weight excluding hydrogens is 356 g/mol. The Morgan fingerprint density at radius 3 is 2.65 bits per heavy atom. The molecule has 1 aromatic carbocycles. The van der Waals surface area contributed by atoms with Gasteiger partial charge in [0.05, 0.1) is 5.56 Å². The molecule has 0 fully saturated rings. The summed E-state index contributed by atoms with van der Waals surface area (Å²) < 4.78 is 6.66. The zero-order chi connectivity index (χ0) is 19.2. The Hall–Kier alpha value is -3.04. The van der Waals surface area contributed by atoms with E-state index in [9.17, 15) is 20.0 Å². The Bertz CT molecular complexity index is 1170. The quantitative estimate of drug-likeness (QED) is 0.709. The van der Waals surface area contributed by atoms with E-state index >= 15 is 0 Å². The van der Waals surface area contributed by atoms with Crippen LogP contribution in [0.1, 0.15) is 39.7 Å².